The van der Waals surface area contributed by atoms with Crippen LogP contribution in [-0.2, 0) is 11.8 Å². The lowest BCUT2D eigenvalue weighted by molar-refractivity contribution is -0.118. The van der Waals surface area contributed by atoms with Gasteiger partial charge in [0.25, 0.3) is 0 Å². The molecule has 1 aliphatic rings. The van der Waals surface area contributed by atoms with Crippen LogP contribution in [0.1, 0.15) is 17.9 Å². The Kier molecular flexibility index (Phi) is 4.61. The van der Waals surface area contributed by atoms with Gasteiger partial charge < -0.3 is 15.2 Å². The fourth-order valence-corrected chi connectivity index (χ4v) is 4.35. The predicted octanol–water partition coefficient (Wildman–Crippen LogP) is 4.16. The highest BCUT2D eigenvalue weighted by Crippen LogP contribution is 2.37. The zero-order valence-corrected chi connectivity index (χ0v) is 17.0. The Bertz CT molecular complexity index is 1360. The van der Waals surface area contributed by atoms with Crippen LogP contribution < -0.4 is 10.6 Å². The van der Waals surface area contributed by atoms with Crippen molar-refractivity contribution in [2.75, 3.05) is 17.2 Å². The van der Waals surface area contributed by atoms with Crippen LogP contribution in [-0.4, -0.2) is 27.0 Å². The van der Waals surface area contributed by atoms with Gasteiger partial charge in [-0.1, -0.05) is 6.07 Å². The van der Waals surface area contributed by atoms with Crippen molar-refractivity contribution in [1.29, 1.82) is 0 Å². The Labute approximate surface area is 181 Å². The molecule has 0 spiro atoms. The van der Waals surface area contributed by atoms with E-state index in [4.69, 9.17) is 5.73 Å². The molecule has 2 N–H and O–H groups in total. The Morgan fingerprint density at radius 1 is 1.06 bits per heavy atom. The van der Waals surface area contributed by atoms with E-state index in [0.717, 1.165) is 18.2 Å². The Hall–Kier alpha value is -3.88. The van der Waals surface area contributed by atoms with Gasteiger partial charge in [0.1, 0.15) is 35.2 Å². The van der Waals surface area contributed by atoms with E-state index >= 15 is 4.39 Å². The highest BCUT2D eigenvalue weighted by molar-refractivity contribution is 6.02. The van der Waals surface area contributed by atoms with E-state index in [0.29, 0.717) is 28.6 Å². The smallest absolute Gasteiger partial charge is 0.234 e. The van der Waals surface area contributed by atoms with Gasteiger partial charge in [0.15, 0.2) is 0 Å². The average molecular weight is 437 g/mol. The topological polar surface area (TPSA) is 77.0 Å². The maximum Gasteiger partial charge on any atom is 0.234 e. The van der Waals surface area contributed by atoms with Crippen LogP contribution in [0.4, 0.5) is 24.7 Å². The van der Waals surface area contributed by atoms with Gasteiger partial charge in [-0.05, 0) is 41.8 Å². The van der Waals surface area contributed by atoms with Crippen LogP contribution in [0.15, 0.2) is 48.9 Å². The van der Waals surface area contributed by atoms with Crippen LogP contribution >= 0.6 is 0 Å². The molecular formula is C23H18F3N5O. The van der Waals surface area contributed by atoms with Crippen LogP contribution in [0.2, 0.25) is 0 Å². The van der Waals surface area contributed by atoms with Crippen molar-refractivity contribution in [2.45, 2.75) is 12.3 Å². The van der Waals surface area contributed by atoms with Gasteiger partial charge >= 0.3 is 0 Å². The molecule has 6 nitrogen and oxygen atoms in total. The number of aryl methyl sites for hydroxylation is 1. The summed E-state index contributed by atoms with van der Waals surface area (Å²) in [7, 11) is 1.81. The monoisotopic (exact) mass is 437 g/mol. The number of carbonyl (C=O) groups is 1. The number of nitrogens with zero attached hydrogens (tertiary/aromatic N) is 4. The first kappa shape index (κ1) is 20.0. The number of aromatic nitrogens is 3. The van der Waals surface area contributed by atoms with Crippen molar-refractivity contribution in [3.63, 3.8) is 0 Å². The summed E-state index contributed by atoms with van der Waals surface area (Å²) in [6.45, 7) is 0.243. The van der Waals surface area contributed by atoms with Crippen molar-refractivity contribution < 1.29 is 18.0 Å². The number of halogens is 3. The van der Waals surface area contributed by atoms with Crippen molar-refractivity contribution in [1.82, 2.24) is 14.5 Å². The zero-order chi connectivity index (χ0) is 22.6. The summed E-state index contributed by atoms with van der Waals surface area (Å²) in [5.74, 6) is -2.93. The fourth-order valence-electron chi connectivity index (χ4n) is 4.35. The summed E-state index contributed by atoms with van der Waals surface area (Å²) in [5, 5.41) is 0.618. The highest BCUT2D eigenvalue weighted by Gasteiger charge is 2.35. The van der Waals surface area contributed by atoms with Gasteiger partial charge in [0, 0.05) is 31.4 Å². The van der Waals surface area contributed by atoms with Crippen molar-refractivity contribution >= 4 is 28.4 Å². The second-order valence-corrected chi connectivity index (χ2v) is 7.81. The SMILES string of the molecule is Cn1cc(-c2ccc(N3CCC(c4cc(F)cc(F)c4)C3=O)c(F)c2)c2c(N)ncnc21. The number of anilines is 2. The number of nitrogen functional groups attached to an aromatic ring is 1. The number of amides is 1. The molecule has 1 aliphatic heterocycles. The lowest BCUT2D eigenvalue weighted by atomic mass is 9.97. The number of carbonyl (C=O) groups excluding carboxylic acids is 1. The normalized spacial score (nSPS) is 16.3. The van der Waals surface area contributed by atoms with Gasteiger partial charge in [-0.2, -0.15) is 0 Å². The van der Waals surface area contributed by atoms with Crippen LogP contribution in [0.25, 0.3) is 22.2 Å². The second kappa shape index (κ2) is 7.37. The Morgan fingerprint density at radius 2 is 1.81 bits per heavy atom. The molecule has 0 saturated carbocycles. The molecule has 32 heavy (non-hydrogen) atoms. The molecule has 162 valence electrons. The maximum absolute atomic E-state index is 15.1. The molecule has 3 heterocycles. The van der Waals surface area contributed by atoms with Gasteiger partial charge in [-0.15, -0.1) is 0 Å². The largest absolute Gasteiger partial charge is 0.383 e. The number of benzene rings is 2. The highest BCUT2D eigenvalue weighted by atomic mass is 19.1. The summed E-state index contributed by atoms with van der Waals surface area (Å²) in [5.41, 5.74) is 8.24. The third kappa shape index (κ3) is 3.17. The first-order valence-corrected chi connectivity index (χ1v) is 9.96. The molecule has 1 fully saturated rings. The van der Waals surface area contributed by atoms with Crippen molar-refractivity contribution in [2.24, 2.45) is 7.05 Å². The third-order valence-electron chi connectivity index (χ3n) is 5.83. The van der Waals surface area contributed by atoms with Gasteiger partial charge in [0.05, 0.1) is 17.0 Å². The number of hydrogen-bond acceptors (Lipinski definition) is 4. The van der Waals surface area contributed by atoms with E-state index in [-0.39, 0.29) is 23.6 Å². The van der Waals surface area contributed by atoms with Crippen LogP contribution in [0.5, 0.6) is 0 Å². The molecule has 1 unspecified atom stereocenters. The fraction of sp³-hybridized carbons (Fsp3) is 0.174. The summed E-state index contributed by atoms with van der Waals surface area (Å²) in [4.78, 5) is 22.5. The third-order valence-corrected chi connectivity index (χ3v) is 5.83. The van der Waals surface area contributed by atoms with E-state index in [9.17, 15) is 13.6 Å². The van der Waals surface area contributed by atoms with E-state index < -0.39 is 29.3 Å². The lowest BCUT2D eigenvalue weighted by Crippen LogP contribution is -2.27. The number of rotatable bonds is 3. The summed E-state index contributed by atoms with van der Waals surface area (Å²) in [6.07, 6.45) is 3.49. The minimum absolute atomic E-state index is 0.114. The molecule has 1 saturated heterocycles. The van der Waals surface area contributed by atoms with E-state index in [1.54, 1.807) is 23.9 Å². The molecule has 2 aromatic carbocycles. The number of nitrogens with two attached hydrogens (primary N) is 1. The number of hydrogen-bond donors (Lipinski definition) is 1. The quantitative estimate of drug-likeness (QED) is 0.522. The summed E-state index contributed by atoms with van der Waals surface area (Å²) >= 11 is 0. The van der Waals surface area contributed by atoms with E-state index in [2.05, 4.69) is 9.97 Å². The minimum Gasteiger partial charge on any atom is -0.383 e. The molecule has 0 bridgehead atoms. The van der Waals surface area contributed by atoms with Crippen molar-refractivity contribution in [3.8, 4) is 11.1 Å². The van der Waals surface area contributed by atoms with E-state index in [1.165, 1.54) is 23.4 Å². The zero-order valence-electron chi connectivity index (χ0n) is 17.0. The van der Waals surface area contributed by atoms with Crippen LogP contribution in [0, 0.1) is 17.5 Å². The summed E-state index contributed by atoms with van der Waals surface area (Å²) < 4.78 is 44.1. The minimum atomic E-state index is -0.750. The van der Waals surface area contributed by atoms with Crippen LogP contribution in [0.3, 0.4) is 0 Å². The molecule has 4 aromatic rings. The maximum atomic E-state index is 15.1. The lowest BCUT2D eigenvalue weighted by Gasteiger charge is -2.18. The molecule has 9 heteroatoms. The Morgan fingerprint density at radius 3 is 2.53 bits per heavy atom. The first-order chi connectivity index (χ1) is 15.3. The molecule has 0 radical (unpaired) electrons. The molecular weight excluding hydrogens is 419 g/mol. The first-order valence-electron chi connectivity index (χ1n) is 9.96. The molecule has 1 atom stereocenters. The second-order valence-electron chi connectivity index (χ2n) is 7.81. The molecule has 1 amide bonds. The predicted molar refractivity (Wildman–Crippen MR) is 114 cm³/mol. The van der Waals surface area contributed by atoms with Gasteiger partial charge in [0.2, 0.25) is 5.91 Å². The Balaban J connectivity index is 1.49. The molecule has 0 aliphatic carbocycles. The average Bonchev–Trinajstić information content (AvgIpc) is 3.28. The van der Waals surface area contributed by atoms with Gasteiger partial charge in [-0.3, -0.25) is 4.79 Å². The van der Waals surface area contributed by atoms with E-state index in [1.807, 2.05) is 0 Å². The number of fused-ring (bicyclic) bond motifs is 1. The summed E-state index contributed by atoms with van der Waals surface area (Å²) in [6, 6.07) is 7.59. The standard InChI is InChI=1S/C23H18F3N5O/c1-30-10-17(20-21(27)28-11-29-22(20)30)12-2-3-19(18(26)8-12)31-5-4-16(23(31)32)13-6-14(24)9-15(25)7-13/h2-3,6-11,16H,4-5H2,1H3,(H2,27,28,29). The van der Waals surface area contributed by atoms with Crippen molar-refractivity contribution in [3.05, 3.63) is 71.9 Å². The molecule has 5 rings (SSSR count). The molecule has 2 aromatic heterocycles. The van der Waals surface area contributed by atoms with Gasteiger partial charge in [-0.25, -0.2) is 23.1 Å².